The lowest BCUT2D eigenvalue weighted by molar-refractivity contribution is -0.377. The molecule has 1 saturated heterocycles. The van der Waals surface area contributed by atoms with Crippen LogP contribution in [0.25, 0.3) is 0 Å². The highest BCUT2D eigenvalue weighted by atomic mass is 16.7. The third kappa shape index (κ3) is 9.81. The van der Waals surface area contributed by atoms with Crippen molar-refractivity contribution in [3.63, 3.8) is 0 Å². The third-order valence-corrected chi connectivity index (χ3v) is 8.05. The average molecular weight is 641 g/mol. The number of methoxy groups -OCH3 is 1. The summed E-state index contributed by atoms with van der Waals surface area (Å²) >= 11 is 0. The van der Waals surface area contributed by atoms with Crippen LogP contribution in [0, 0.1) is 0 Å². The number of hydrogen-bond acceptors (Lipinski definition) is 8. The van der Waals surface area contributed by atoms with Gasteiger partial charge in [-0.25, -0.2) is 0 Å². The lowest BCUT2D eigenvalue weighted by Gasteiger charge is -2.51. The van der Waals surface area contributed by atoms with Gasteiger partial charge in [-0.15, -0.1) is 0 Å². The first-order valence-electron chi connectivity index (χ1n) is 16.1. The molecule has 0 unspecified atom stereocenters. The van der Waals surface area contributed by atoms with Gasteiger partial charge in [-0.3, -0.25) is 4.79 Å². The van der Waals surface area contributed by atoms with Gasteiger partial charge < -0.3 is 33.2 Å². The quantitative estimate of drug-likeness (QED) is 0.119. The molecule has 0 saturated carbocycles. The fraction of sp³-hybridized carbons (Fsp3) is 0.359. The topological polar surface area (TPSA) is 81.7 Å². The van der Waals surface area contributed by atoms with Crippen LogP contribution in [0.15, 0.2) is 121 Å². The first-order valence-corrected chi connectivity index (χ1v) is 16.1. The second kappa shape index (κ2) is 17.9. The molecular weight excluding hydrogens is 596 g/mol. The fourth-order valence-electron chi connectivity index (χ4n) is 5.71. The highest BCUT2D eigenvalue weighted by molar-refractivity contribution is 5.70. The molecule has 0 N–H and O–H groups in total. The van der Waals surface area contributed by atoms with Crippen LogP contribution in [0.3, 0.4) is 0 Å². The van der Waals surface area contributed by atoms with Crippen molar-refractivity contribution < 1.29 is 38.0 Å². The Bertz CT molecular complexity index is 1450. The summed E-state index contributed by atoms with van der Waals surface area (Å²) in [4.78, 5) is 13.1. The molecule has 4 aromatic carbocycles. The monoisotopic (exact) mass is 640 g/mol. The Balaban J connectivity index is 1.51. The van der Waals surface area contributed by atoms with Crippen molar-refractivity contribution in [2.24, 2.45) is 0 Å². The van der Waals surface area contributed by atoms with E-state index < -0.39 is 36.2 Å². The van der Waals surface area contributed by atoms with Gasteiger partial charge in [0.25, 0.3) is 0 Å². The van der Waals surface area contributed by atoms with E-state index in [1.807, 2.05) is 121 Å². The Morgan fingerprint density at radius 3 is 1.55 bits per heavy atom. The molecular formula is C39H44O8. The Hall–Kier alpha value is -3.89. The molecule has 248 valence electrons. The van der Waals surface area contributed by atoms with Crippen LogP contribution in [0.5, 0.6) is 0 Å². The van der Waals surface area contributed by atoms with Gasteiger partial charge in [-0.05, 0) is 29.2 Å². The average Bonchev–Trinajstić information content (AvgIpc) is 3.11. The standard InChI is InChI=1S/C39H44O8/c1-3-43-35(40)24-39(41-2)38(46-28-33-22-14-7-15-23-33)37(45-27-32-20-12-6-13-21-32)36(44-26-31-18-10-5-11-19-31)34(47-39)29-42-25-30-16-8-4-9-17-30/h4-23,34,36-38H,3,24-29H2,1-2H3/t34-,36-,37+,38-,39-/m1/s1. The smallest absolute Gasteiger partial charge is 0.311 e. The Morgan fingerprint density at radius 2 is 1.09 bits per heavy atom. The molecule has 8 nitrogen and oxygen atoms in total. The summed E-state index contributed by atoms with van der Waals surface area (Å²) in [6.07, 6.45) is -3.17. The Morgan fingerprint density at radius 1 is 0.638 bits per heavy atom. The van der Waals surface area contributed by atoms with E-state index in [9.17, 15) is 4.79 Å². The molecule has 0 radical (unpaired) electrons. The minimum absolute atomic E-state index is 0.152. The van der Waals surface area contributed by atoms with Crippen molar-refractivity contribution >= 4 is 5.97 Å². The van der Waals surface area contributed by atoms with Crippen molar-refractivity contribution in [2.45, 2.75) is 70.0 Å². The lowest BCUT2D eigenvalue weighted by Crippen LogP contribution is -2.68. The molecule has 8 heteroatoms. The summed E-state index contributed by atoms with van der Waals surface area (Å²) in [6, 6.07) is 39.6. The van der Waals surface area contributed by atoms with Crippen LogP contribution in [0.1, 0.15) is 35.6 Å². The molecule has 1 fully saturated rings. The van der Waals surface area contributed by atoms with Crippen molar-refractivity contribution in [1.29, 1.82) is 0 Å². The van der Waals surface area contributed by atoms with E-state index in [-0.39, 0.29) is 32.8 Å². The van der Waals surface area contributed by atoms with E-state index >= 15 is 0 Å². The summed E-state index contributed by atoms with van der Waals surface area (Å²) in [6.45, 7) is 3.31. The molecule has 5 atom stereocenters. The van der Waals surface area contributed by atoms with Gasteiger partial charge in [0.05, 0.1) is 39.6 Å². The minimum Gasteiger partial charge on any atom is -0.466 e. The predicted molar refractivity (Wildman–Crippen MR) is 177 cm³/mol. The zero-order valence-corrected chi connectivity index (χ0v) is 27.1. The molecule has 0 bridgehead atoms. The van der Waals surface area contributed by atoms with Crippen molar-refractivity contribution in [3.05, 3.63) is 144 Å². The molecule has 1 heterocycles. The Kier molecular flexibility index (Phi) is 13.1. The van der Waals surface area contributed by atoms with Crippen molar-refractivity contribution in [3.8, 4) is 0 Å². The maximum absolute atomic E-state index is 13.1. The molecule has 0 spiro atoms. The highest BCUT2D eigenvalue weighted by Crippen LogP contribution is 2.40. The van der Waals surface area contributed by atoms with Gasteiger partial charge in [0, 0.05) is 7.11 Å². The van der Waals surface area contributed by atoms with Gasteiger partial charge in [0.2, 0.25) is 5.79 Å². The number of rotatable bonds is 17. The summed E-state index contributed by atoms with van der Waals surface area (Å²) in [5.41, 5.74) is 3.95. The maximum atomic E-state index is 13.1. The molecule has 0 aromatic heterocycles. The van der Waals surface area contributed by atoms with Gasteiger partial charge in [0.15, 0.2) is 0 Å². The van der Waals surface area contributed by atoms with Gasteiger partial charge in [-0.2, -0.15) is 0 Å². The normalized spacial score (nSPS) is 22.5. The van der Waals surface area contributed by atoms with Crippen LogP contribution in [0.2, 0.25) is 0 Å². The SMILES string of the molecule is CCOC(=O)C[C@@]1(OC)O[C@H](COCc2ccccc2)[C@@H](OCc2ccccc2)[C@H](OCc2ccccc2)[C@H]1OCc1ccccc1. The van der Waals surface area contributed by atoms with E-state index in [2.05, 4.69) is 0 Å². The first-order chi connectivity index (χ1) is 23.1. The van der Waals surface area contributed by atoms with E-state index in [0.29, 0.717) is 13.2 Å². The fourth-order valence-corrected chi connectivity index (χ4v) is 5.71. The van der Waals surface area contributed by atoms with E-state index in [4.69, 9.17) is 33.2 Å². The van der Waals surface area contributed by atoms with Gasteiger partial charge >= 0.3 is 5.97 Å². The highest BCUT2D eigenvalue weighted by Gasteiger charge is 2.58. The number of benzene rings is 4. The number of hydrogen-bond donors (Lipinski definition) is 0. The maximum Gasteiger partial charge on any atom is 0.311 e. The second-order valence-electron chi connectivity index (χ2n) is 11.4. The van der Waals surface area contributed by atoms with Gasteiger partial charge in [-0.1, -0.05) is 121 Å². The summed E-state index contributed by atoms with van der Waals surface area (Å²) in [5, 5.41) is 0. The molecule has 0 amide bonds. The number of esters is 1. The Labute approximate surface area is 277 Å². The van der Waals surface area contributed by atoms with Crippen LogP contribution >= 0.6 is 0 Å². The van der Waals surface area contributed by atoms with E-state index in [1.165, 1.54) is 7.11 Å². The predicted octanol–water partition coefficient (Wildman–Crippen LogP) is 6.65. The molecule has 1 aliphatic heterocycles. The van der Waals surface area contributed by atoms with Crippen molar-refractivity contribution in [1.82, 2.24) is 0 Å². The second-order valence-corrected chi connectivity index (χ2v) is 11.4. The summed E-state index contributed by atoms with van der Waals surface area (Å²) in [7, 11) is 1.51. The van der Waals surface area contributed by atoms with Crippen LogP contribution in [-0.2, 0) is 64.4 Å². The molecule has 47 heavy (non-hydrogen) atoms. The van der Waals surface area contributed by atoms with Crippen LogP contribution < -0.4 is 0 Å². The number of carbonyl (C=O) groups is 1. The number of carbonyl (C=O) groups excluding carboxylic acids is 1. The molecule has 5 rings (SSSR count). The minimum atomic E-state index is -1.56. The zero-order valence-electron chi connectivity index (χ0n) is 27.1. The van der Waals surface area contributed by atoms with Crippen molar-refractivity contribution in [2.75, 3.05) is 20.3 Å². The zero-order chi connectivity index (χ0) is 32.7. The summed E-state index contributed by atoms with van der Waals surface area (Å²) < 4.78 is 44.6. The van der Waals surface area contributed by atoms with E-state index in [0.717, 1.165) is 22.3 Å². The van der Waals surface area contributed by atoms with E-state index in [1.54, 1.807) is 6.92 Å². The lowest BCUT2D eigenvalue weighted by atomic mass is 9.89. The molecule has 4 aromatic rings. The van der Waals surface area contributed by atoms with Crippen LogP contribution in [-0.4, -0.2) is 56.5 Å². The summed E-state index contributed by atoms with van der Waals surface area (Å²) in [5.74, 6) is -2.03. The largest absolute Gasteiger partial charge is 0.466 e. The first kappa shape index (κ1) is 34.4. The third-order valence-electron chi connectivity index (χ3n) is 8.05. The molecule has 1 aliphatic rings. The van der Waals surface area contributed by atoms with Gasteiger partial charge in [0.1, 0.15) is 30.8 Å². The van der Waals surface area contributed by atoms with Crippen LogP contribution in [0.4, 0.5) is 0 Å². The number of ether oxygens (including phenoxy) is 7. The molecule has 0 aliphatic carbocycles.